The van der Waals surface area contributed by atoms with Crippen molar-refractivity contribution in [3.05, 3.63) is 77.4 Å². The highest BCUT2D eigenvalue weighted by atomic mass is 16.5. The van der Waals surface area contributed by atoms with Crippen LogP contribution in [0.1, 0.15) is 34.5 Å². The van der Waals surface area contributed by atoms with Gasteiger partial charge in [-0.25, -0.2) is 0 Å². The molecule has 0 aliphatic carbocycles. The summed E-state index contributed by atoms with van der Waals surface area (Å²) in [5, 5.41) is 0. The van der Waals surface area contributed by atoms with Gasteiger partial charge in [0.05, 0.1) is 28.4 Å². The summed E-state index contributed by atoms with van der Waals surface area (Å²) in [6.45, 7) is 1.52. The Bertz CT molecular complexity index is 1150. The molecule has 0 saturated carbocycles. The van der Waals surface area contributed by atoms with E-state index in [1.165, 1.54) is 35.4 Å². The predicted octanol–water partition coefficient (Wildman–Crippen LogP) is 4.79. The molecule has 0 saturated heterocycles. The van der Waals surface area contributed by atoms with Crippen molar-refractivity contribution in [1.82, 2.24) is 0 Å². The third-order valence-corrected chi connectivity index (χ3v) is 5.20. The normalized spacial score (nSPS) is 11.2. The number of benzene rings is 3. The summed E-state index contributed by atoms with van der Waals surface area (Å²) in [5.74, 6) is 0.784. The number of methoxy groups -OCH3 is 4. The first-order valence-electron chi connectivity index (χ1n) is 10.8. The molecule has 3 rings (SSSR count). The molecule has 0 radical (unpaired) electrons. The standard InChI is InChI=1S/C27H28O8/c1-17(28)35-26(20-14-23(31-3)27(33-5)24(15-20)32-4)25(29)19-11-12-21(30-2)22(13-19)34-16-18-9-7-6-8-10-18/h6-15,26H,16H2,1-5H3. The van der Waals surface area contributed by atoms with Gasteiger partial charge in [-0.15, -0.1) is 0 Å². The number of esters is 1. The quantitative estimate of drug-likeness (QED) is 0.286. The molecule has 0 aliphatic heterocycles. The van der Waals surface area contributed by atoms with Crippen LogP contribution >= 0.6 is 0 Å². The lowest BCUT2D eigenvalue weighted by atomic mass is 9.98. The summed E-state index contributed by atoms with van der Waals surface area (Å²) in [7, 11) is 5.92. The fourth-order valence-electron chi connectivity index (χ4n) is 3.52. The second-order valence-corrected chi connectivity index (χ2v) is 7.45. The molecule has 3 aromatic carbocycles. The second kappa shape index (κ2) is 11.8. The topological polar surface area (TPSA) is 89.5 Å². The number of carbonyl (C=O) groups excluding carboxylic acids is 2. The van der Waals surface area contributed by atoms with Gasteiger partial charge in [0, 0.05) is 18.1 Å². The Morgan fingerprint density at radius 2 is 1.37 bits per heavy atom. The maximum atomic E-state index is 13.6. The maximum absolute atomic E-state index is 13.6. The van der Waals surface area contributed by atoms with Gasteiger partial charge < -0.3 is 28.4 Å². The molecule has 0 heterocycles. The van der Waals surface area contributed by atoms with E-state index >= 15 is 0 Å². The van der Waals surface area contributed by atoms with Gasteiger partial charge in [0.25, 0.3) is 0 Å². The van der Waals surface area contributed by atoms with E-state index in [0.29, 0.717) is 34.3 Å². The SMILES string of the molecule is COc1ccc(C(=O)C(OC(C)=O)c2cc(OC)c(OC)c(OC)c2)cc1OCc1ccccc1. The lowest BCUT2D eigenvalue weighted by molar-refractivity contribution is -0.144. The molecule has 1 unspecified atom stereocenters. The van der Waals surface area contributed by atoms with Crippen molar-refractivity contribution >= 4 is 11.8 Å². The minimum atomic E-state index is -1.25. The Kier molecular flexibility index (Phi) is 8.56. The molecule has 8 heteroatoms. The summed E-state index contributed by atoms with van der Waals surface area (Å²) in [6.07, 6.45) is -1.25. The molecular weight excluding hydrogens is 452 g/mol. The third kappa shape index (κ3) is 6.03. The molecule has 184 valence electrons. The van der Waals surface area contributed by atoms with Crippen LogP contribution in [0.5, 0.6) is 28.7 Å². The Morgan fingerprint density at radius 3 is 1.91 bits per heavy atom. The number of ether oxygens (including phenoxy) is 6. The first-order chi connectivity index (χ1) is 16.9. The summed E-state index contributed by atoms with van der Waals surface area (Å²) in [5.41, 5.74) is 1.60. The summed E-state index contributed by atoms with van der Waals surface area (Å²) in [6, 6.07) is 17.5. The van der Waals surface area contributed by atoms with Gasteiger partial charge in [0.1, 0.15) is 6.61 Å². The highest BCUT2D eigenvalue weighted by molar-refractivity contribution is 6.01. The van der Waals surface area contributed by atoms with Crippen LogP contribution in [0.2, 0.25) is 0 Å². The van der Waals surface area contributed by atoms with Gasteiger partial charge in [0.15, 0.2) is 29.1 Å². The van der Waals surface area contributed by atoms with E-state index in [2.05, 4.69) is 0 Å². The van der Waals surface area contributed by atoms with E-state index < -0.39 is 17.9 Å². The average molecular weight is 481 g/mol. The van der Waals surface area contributed by atoms with Crippen molar-refractivity contribution in [2.24, 2.45) is 0 Å². The number of hydrogen-bond acceptors (Lipinski definition) is 8. The fourth-order valence-corrected chi connectivity index (χ4v) is 3.52. The summed E-state index contributed by atoms with van der Waals surface area (Å²) >= 11 is 0. The van der Waals surface area contributed by atoms with Crippen LogP contribution in [0.4, 0.5) is 0 Å². The van der Waals surface area contributed by atoms with E-state index in [0.717, 1.165) is 5.56 Å². The Labute approximate surface area is 204 Å². The Balaban J connectivity index is 1.99. The van der Waals surface area contributed by atoms with E-state index in [9.17, 15) is 9.59 Å². The van der Waals surface area contributed by atoms with E-state index in [1.54, 1.807) is 30.3 Å². The molecule has 0 bridgehead atoms. The summed E-state index contributed by atoms with van der Waals surface area (Å²) < 4.78 is 32.9. The number of carbonyl (C=O) groups is 2. The number of rotatable bonds is 11. The highest BCUT2D eigenvalue weighted by Gasteiger charge is 2.29. The maximum Gasteiger partial charge on any atom is 0.303 e. The van der Waals surface area contributed by atoms with Crippen LogP contribution in [0.15, 0.2) is 60.7 Å². The van der Waals surface area contributed by atoms with Gasteiger partial charge in [-0.3, -0.25) is 9.59 Å². The second-order valence-electron chi connectivity index (χ2n) is 7.45. The molecule has 0 spiro atoms. The zero-order valence-corrected chi connectivity index (χ0v) is 20.3. The molecule has 3 aromatic rings. The van der Waals surface area contributed by atoms with E-state index in [1.807, 2.05) is 30.3 Å². The van der Waals surface area contributed by atoms with Crippen LogP contribution in [0.3, 0.4) is 0 Å². The zero-order chi connectivity index (χ0) is 25.4. The van der Waals surface area contributed by atoms with Gasteiger partial charge in [0.2, 0.25) is 11.5 Å². The predicted molar refractivity (Wildman–Crippen MR) is 129 cm³/mol. The Morgan fingerprint density at radius 1 is 0.743 bits per heavy atom. The minimum absolute atomic E-state index is 0.272. The van der Waals surface area contributed by atoms with Gasteiger partial charge in [-0.05, 0) is 35.9 Å². The monoisotopic (exact) mass is 480 g/mol. The lowest BCUT2D eigenvalue weighted by Gasteiger charge is -2.20. The largest absolute Gasteiger partial charge is 0.493 e. The first-order valence-corrected chi connectivity index (χ1v) is 10.8. The molecular formula is C27H28O8. The number of hydrogen-bond donors (Lipinski definition) is 0. The molecule has 1 atom stereocenters. The summed E-state index contributed by atoms with van der Waals surface area (Å²) in [4.78, 5) is 25.5. The molecule has 0 fully saturated rings. The third-order valence-electron chi connectivity index (χ3n) is 5.20. The molecule has 8 nitrogen and oxygen atoms in total. The molecule has 0 aromatic heterocycles. The van der Waals surface area contributed by atoms with Crippen LogP contribution < -0.4 is 23.7 Å². The van der Waals surface area contributed by atoms with Gasteiger partial charge in [-0.1, -0.05) is 30.3 Å². The molecule has 35 heavy (non-hydrogen) atoms. The van der Waals surface area contributed by atoms with Crippen LogP contribution in [-0.2, 0) is 16.1 Å². The lowest BCUT2D eigenvalue weighted by Crippen LogP contribution is -2.19. The first kappa shape index (κ1) is 25.4. The highest BCUT2D eigenvalue weighted by Crippen LogP contribution is 2.41. The van der Waals surface area contributed by atoms with Crippen molar-refractivity contribution in [3.63, 3.8) is 0 Å². The minimum Gasteiger partial charge on any atom is -0.493 e. The molecule has 0 aliphatic rings. The van der Waals surface area contributed by atoms with Crippen molar-refractivity contribution in [2.45, 2.75) is 19.6 Å². The van der Waals surface area contributed by atoms with Crippen molar-refractivity contribution in [2.75, 3.05) is 28.4 Å². The van der Waals surface area contributed by atoms with Crippen LogP contribution in [0.25, 0.3) is 0 Å². The van der Waals surface area contributed by atoms with Crippen LogP contribution in [0, 0.1) is 0 Å². The van der Waals surface area contributed by atoms with Crippen molar-refractivity contribution < 1.29 is 38.0 Å². The van der Waals surface area contributed by atoms with E-state index in [-0.39, 0.29) is 12.2 Å². The molecule has 0 amide bonds. The average Bonchev–Trinajstić information content (AvgIpc) is 2.89. The fraction of sp³-hybridized carbons (Fsp3) is 0.259. The van der Waals surface area contributed by atoms with Crippen LogP contribution in [-0.4, -0.2) is 40.2 Å². The van der Waals surface area contributed by atoms with E-state index in [4.69, 9.17) is 28.4 Å². The van der Waals surface area contributed by atoms with Crippen molar-refractivity contribution in [1.29, 1.82) is 0 Å². The number of ketones is 1. The van der Waals surface area contributed by atoms with Gasteiger partial charge in [-0.2, -0.15) is 0 Å². The molecule has 0 N–H and O–H groups in total. The number of Topliss-reactive ketones (excluding diaryl/α,β-unsaturated/α-hetero) is 1. The smallest absolute Gasteiger partial charge is 0.303 e. The van der Waals surface area contributed by atoms with Crippen molar-refractivity contribution in [3.8, 4) is 28.7 Å². The Hall–Kier alpha value is -4.20. The zero-order valence-electron chi connectivity index (χ0n) is 20.3. The van der Waals surface area contributed by atoms with Gasteiger partial charge >= 0.3 is 5.97 Å².